The number of carboxylic acid groups (broad SMARTS) is 1. The third-order valence-corrected chi connectivity index (χ3v) is 3.01. The van der Waals surface area contributed by atoms with Gasteiger partial charge in [-0.3, -0.25) is 0 Å². The number of aromatic nitrogens is 2. The maximum atomic E-state index is 11.1. The van der Waals surface area contributed by atoms with Crippen LogP contribution in [0.3, 0.4) is 0 Å². The molecular weight excluding hydrogens is 236 g/mol. The van der Waals surface area contributed by atoms with Crippen LogP contribution in [0.1, 0.15) is 29.0 Å². The topological polar surface area (TPSA) is 58.0 Å². The lowest BCUT2D eigenvalue weighted by atomic mass is 10.1. The van der Waals surface area contributed by atoms with Crippen molar-refractivity contribution in [3.8, 4) is 0 Å². The minimum atomic E-state index is -0.986. The molecule has 0 aliphatic heterocycles. The van der Waals surface area contributed by atoms with Crippen LogP contribution < -0.4 is 0 Å². The molecular formula is C12H12N2O2S. The largest absolute Gasteiger partial charge is 0.477 e. The molecule has 0 unspecified atom stereocenters. The smallest absolute Gasteiger partial charge is 0.354 e. The van der Waals surface area contributed by atoms with Crippen LogP contribution in [0.25, 0.3) is 0 Å². The van der Waals surface area contributed by atoms with Gasteiger partial charge in [0, 0.05) is 6.20 Å². The molecule has 0 radical (unpaired) electrons. The summed E-state index contributed by atoms with van der Waals surface area (Å²) in [6.07, 6.45) is 1.42. The molecule has 0 aliphatic carbocycles. The number of imidazole rings is 1. The Kier molecular flexibility index (Phi) is 3.10. The van der Waals surface area contributed by atoms with E-state index in [-0.39, 0.29) is 11.7 Å². The number of aromatic carboxylic acids is 1. The van der Waals surface area contributed by atoms with Gasteiger partial charge in [0.1, 0.15) is 5.69 Å². The Morgan fingerprint density at radius 3 is 2.65 bits per heavy atom. The van der Waals surface area contributed by atoms with Gasteiger partial charge in [0.15, 0.2) is 4.77 Å². The van der Waals surface area contributed by atoms with Crippen LogP contribution in [0.2, 0.25) is 0 Å². The lowest BCUT2D eigenvalue weighted by Gasteiger charge is -2.15. The summed E-state index contributed by atoms with van der Waals surface area (Å²) in [5, 5.41) is 9.09. The van der Waals surface area contributed by atoms with E-state index in [1.54, 1.807) is 4.57 Å². The third-order valence-electron chi connectivity index (χ3n) is 2.70. The predicted octanol–water partition coefficient (Wildman–Crippen LogP) is 2.85. The molecule has 1 heterocycles. The summed E-state index contributed by atoms with van der Waals surface area (Å²) < 4.78 is 2.02. The Morgan fingerprint density at radius 2 is 2.06 bits per heavy atom. The first-order chi connectivity index (χ1) is 8.11. The van der Waals surface area contributed by atoms with E-state index in [2.05, 4.69) is 4.98 Å². The number of hydrogen-bond acceptors (Lipinski definition) is 2. The second kappa shape index (κ2) is 4.55. The van der Waals surface area contributed by atoms with E-state index >= 15 is 0 Å². The molecule has 0 saturated carbocycles. The minimum absolute atomic E-state index is 0.110. The second-order valence-electron chi connectivity index (χ2n) is 3.74. The quantitative estimate of drug-likeness (QED) is 0.821. The second-order valence-corrected chi connectivity index (χ2v) is 4.13. The molecule has 0 aliphatic rings. The van der Waals surface area contributed by atoms with E-state index < -0.39 is 5.97 Å². The first kappa shape index (κ1) is 11.6. The average Bonchev–Trinajstić information content (AvgIpc) is 2.71. The molecule has 0 spiro atoms. The Morgan fingerprint density at radius 1 is 1.41 bits per heavy atom. The van der Waals surface area contributed by atoms with E-state index in [1.807, 2.05) is 37.3 Å². The molecule has 5 heteroatoms. The zero-order valence-electron chi connectivity index (χ0n) is 9.25. The molecule has 4 nitrogen and oxygen atoms in total. The summed E-state index contributed by atoms with van der Waals surface area (Å²) >= 11 is 5.11. The molecule has 0 saturated heterocycles. The molecule has 0 amide bonds. The van der Waals surface area contributed by atoms with E-state index in [0.717, 1.165) is 5.56 Å². The van der Waals surface area contributed by atoms with Gasteiger partial charge in [-0.15, -0.1) is 0 Å². The molecule has 1 atom stereocenters. The molecule has 1 aromatic heterocycles. The first-order valence-electron chi connectivity index (χ1n) is 5.19. The van der Waals surface area contributed by atoms with Gasteiger partial charge in [-0.1, -0.05) is 30.3 Å². The monoisotopic (exact) mass is 248 g/mol. The molecule has 1 aromatic carbocycles. The van der Waals surface area contributed by atoms with E-state index in [0.29, 0.717) is 4.77 Å². The molecule has 2 rings (SSSR count). The van der Waals surface area contributed by atoms with Gasteiger partial charge in [-0.05, 0) is 24.7 Å². The molecule has 2 aromatic rings. The van der Waals surface area contributed by atoms with Crippen molar-refractivity contribution < 1.29 is 9.90 Å². The number of H-pyrrole nitrogens is 1. The number of nitrogens with one attached hydrogen (secondary N) is 1. The highest BCUT2D eigenvalue weighted by Gasteiger charge is 2.17. The highest BCUT2D eigenvalue weighted by Crippen LogP contribution is 2.20. The number of carboxylic acids is 1. The van der Waals surface area contributed by atoms with Crippen molar-refractivity contribution in [2.75, 3.05) is 0 Å². The van der Waals surface area contributed by atoms with Crippen LogP contribution in [0.4, 0.5) is 0 Å². The summed E-state index contributed by atoms with van der Waals surface area (Å²) in [5.41, 5.74) is 1.19. The number of nitrogens with zero attached hydrogens (tertiary/aromatic N) is 1. The molecule has 88 valence electrons. The summed E-state index contributed by atoms with van der Waals surface area (Å²) in [6, 6.07) is 9.55. The average molecular weight is 248 g/mol. The van der Waals surface area contributed by atoms with Crippen LogP contribution in [0.5, 0.6) is 0 Å². The zero-order chi connectivity index (χ0) is 12.4. The fourth-order valence-corrected chi connectivity index (χ4v) is 2.12. The van der Waals surface area contributed by atoms with Crippen LogP contribution in [-0.4, -0.2) is 20.6 Å². The Bertz CT molecular complexity index is 586. The molecule has 0 bridgehead atoms. The van der Waals surface area contributed by atoms with Gasteiger partial charge in [0.05, 0.1) is 6.04 Å². The van der Waals surface area contributed by atoms with Gasteiger partial charge < -0.3 is 14.7 Å². The fourth-order valence-electron chi connectivity index (χ4n) is 1.81. The van der Waals surface area contributed by atoms with Gasteiger partial charge in [-0.2, -0.15) is 0 Å². The van der Waals surface area contributed by atoms with Crippen molar-refractivity contribution in [3.05, 3.63) is 52.6 Å². The number of hydrogen-bond donors (Lipinski definition) is 2. The lowest BCUT2D eigenvalue weighted by Crippen LogP contribution is -2.13. The summed E-state index contributed by atoms with van der Waals surface area (Å²) in [4.78, 5) is 13.8. The number of benzene rings is 1. The summed E-state index contributed by atoms with van der Waals surface area (Å²) in [7, 11) is 0. The van der Waals surface area contributed by atoms with Crippen LogP contribution in [0.15, 0.2) is 36.5 Å². The number of aromatic amines is 1. The standard InChI is InChI=1S/C12H12N2O2S/c1-8(9-5-3-2-4-6-9)14-10(11(15)16)7-13-12(14)17/h2-8H,1H3,(H,13,17)(H,15,16)/t8-/m0/s1. The predicted molar refractivity (Wildman–Crippen MR) is 66.8 cm³/mol. The van der Waals surface area contributed by atoms with Crippen molar-refractivity contribution in [2.24, 2.45) is 0 Å². The highest BCUT2D eigenvalue weighted by atomic mass is 32.1. The van der Waals surface area contributed by atoms with Crippen molar-refractivity contribution in [1.82, 2.24) is 9.55 Å². The van der Waals surface area contributed by atoms with Crippen molar-refractivity contribution in [2.45, 2.75) is 13.0 Å². The van der Waals surface area contributed by atoms with Gasteiger partial charge in [0.2, 0.25) is 0 Å². The SMILES string of the molecule is C[C@@H](c1ccccc1)n1c(C(=O)O)c[nH]c1=S. The molecule has 2 N–H and O–H groups in total. The van der Waals surface area contributed by atoms with E-state index in [1.165, 1.54) is 6.20 Å². The van der Waals surface area contributed by atoms with E-state index in [4.69, 9.17) is 17.3 Å². The molecule has 0 fully saturated rings. The Labute approximate surface area is 104 Å². The summed E-state index contributed by atoms with van der Waals surface area (Å²) in [6.45, 7) is 1.92. The van der Waals surface area contributed by atoms with Crippen molar-refractivity contribution in [3.63, 3.8) is 0 Å². The third kappa shape index (κ3) is 2.14. The minimum Gasteiger partial charge on any atom is -0.477 e. The maximum absolute atomic E-state index is 11.1. The Balaban J connectivity index is 2.51. The Hall–Kier alpha value is -1.88. The van der Waals surface area contributed by atoms with Gasteiger partial charge in [-0.25, -0.2) is 4.79 Å². The maximum Gasteiger partial charge on any atom is 0.354 e. The normalized spacial score (nSPS) is 12.3. The fraction of sp³-hybridized carbons (Fsp3) is 0.167. The van der Waals surface area contributed by atoms with Gasteiger partial charge in [0.25, 0.3) is 0 Å². The highest BCUT2D eigenvalue weighted by molar-refractivity contribution is 7.71. The van der Waals surface area contributed by atoms with Gasteiger partial charge >= 0.3 is 5.97 Å². The summed E-state index contributed by atoms with van der Waals surface area (Å²) in [5.74, 6) is -0.986. The molecule has 17 heavy (non-hydrogen) atoms. The number of carbonyl (C=O) groups is 1. The first-order valence-corrected chi connectivity index (χ1v) is 5.60. The van der Waals surface area contributed by atoms with E-state index in [9.17, 15) is 4.79 Å². The van der Waals surface area contributed by atoms with Crippen LogP contribution >= 0.6 is 12.2 Å². The zero-order valence-corrected chi connectivity index (χ0v) is 10.1. The van der Waals surface area contributed by atoms with Crippen molar-refractivity contribution >= 4 is 18.2 Å². The number of rotatable bonds is 3. The van der Waals surface area contributed by atoms with Crippen LogP contribution in [0, 0.1) is 4.77 Å². The van der Waals surface area contributed by atoms with Crippen molar-refractivity contribution in [1.29, 1.82) is 0 Å². The van der Waals surface area contributed by atoms with Crippen LogP contribution in [-0.2, 0) is 0 Å². The lowest BCUT2D eigenvalue weighted by molar-refractivity contribution is 0.0684.